The van der Waals surface area contributed by atoms with Crippen molar-refractivity contribution in [1.29, 1.82) is 0 Å². The molecule has 21 heavy (non-hydrogen) atoms. The highest BCUT2D eigenvalue weighted by Crippen LogP contribution is 2.23. The molecule has 1 fully saturated rings. The Morgan fingerprint density at radius 1 is 0.952 bits per heavy atom. The number of pyridine rings is 1. The number of nitrogens with zero attached hydrogens (tertiary/aromatic N) is 3. The fourth-order valence-corrected chi connectivity index (χ4v) is 2.73. The molecule has 1 aromatic carbocycles. The third-order valence-electron chi connectivity index (χ3n) is 3.90. The van der Waals surface area contributed by atoms with E-state index < -0.39 is 0 Å². The van der Waals surface area contributed by atoms with Crippen LogP contribution in [0, 0.1) is 0 Å². The normalized spacial score (nSPS) is 16.2. The first kappa shape index (κ1) is 13.8. The van der Waals surface area contributed by atoms with E-state index in [1.165, 1.54) is 32.1 Å². The Hall–Kier alpha value is -2.16. The average molecular weight is 279 g/mol. The van der Waals surface area contributed by atoms with Gasteiger partial charge in [0.05, 0.1) is 12.4 Å². The Morgan fingerprint density at radius 3 is 2.43 bits per heavy atom. The molecule has 1 saturated carbocycles. The molecule has 3 rings (SSSR count). The van der Waals surface area contributed by atoms with Gasteiger partial charge in [0.1, 0.15) is 5.82 Å². The molecule has 0 spiro atoms. The molecule has 108 valence electrons. The van der Waals surface area contributed by atoms with E-state index in [1.54, 1.807) is 0 Å². The standard InChI is InChI=1S/C18H21N3/c1-3-9-16(10-4-1)20-15-21(17-11-5-2-6-12-17)18-13-7-8-14-19-18/h2,5-8,11-16H,1,3-4,9-10H2. The molecule has 1 aromatic heterocycles. The molecule has 3 heteroatoms. The zero-order chi connectivity index (χ0) is 14.3. The molecule has 0 atom stereocenters. The summed E-state index contributed by atoms with van der Waals surface area (Å²) in [6, 6.07) is 16.7. The second-order valence-electron chi connectivity index (χ2n) is 5.45. The van der Waals surface area contributed by atoms with E-state index in [-0.39, 0.29) is 0 Å². The highest BCUT2D eigenvalue weighted by atomic mass is 15.2. The number of para-hydroxylation sites is 1. The molecular weight excluding hydrogens is 258 g/mol. The summed E-state index contributed by atoms with van der Waals surface area (Å²) in [5.74, 6) is 0.906. The predicted octanol–water partition coefficient (Wildman–Crippen LogP) is 4.58. The van der Waals surface area contributed by atoms with Crippen LogP contribution < -0.4 is 4.90 Å². The van der Waals surface area contributed by atoms with E-state index in [9.17, 15) is 0 Å². The minimum Gasteiger partial charge on any atom is -0.286 e. The van der Waals surface area contributed by atoms with Crippen LogP contribution in [0.4, 0.5) is 11.5 Å². The Kier molecular flexibility index (Phi) is 4.62. The lowest BCUT2D eigenvalue weighted by atomic mass is 9.96. The maximum absolute atomic E-state index is 4.80. The summed E-state index contributed by atoms with van der Waals surface area (Å²) in [6.07, 6.45) is 10.2. The van der Waals surface area contributed by atoms with Crippen molar-refractivity contribution in [3.05, 3.63) is 54.7 Å². The monoisotopic (exact) mass is 279 g/mol. The summed E-state index contributed by atoms with van der Waals surface area (Å²) in [5.41, 5.74) is 1.09. The van der Waals surface area contributed by atoms with Gasteiger partial charge < -0.3 is 0 Å². The minimum atomic E-state index is 0.466. The molecule has 1 aliphatic rings. The molecule has 1 aliphatic carbocycles. The Balaban J connectivity index is 1.84. The van der Waals surface area contributed by atoms with Gasteiger partial charge in [-0.2, -0.15) is 0 Å². The van der Waals surface area contributed by atoms with Gasteiger partial charge in [0, 0.05) is 11.9 Å². The molecule has 3 nitrogen and oxygen atoms in total. The lowest BCUT2D eigenvalue weighted by Crippen LogP contribution is -2.18. The van der Waals surface area contributed by atoms with E-state index in [0.717, 1.165) is 11.5 Å². The summed E-state index contributed by atoms with van der Waals surface area (Å²) in [4.78, 5) is 11.3. The van der Waals surface area contributed by atoms with Gasteiger partial charge in [-0.05, 0) is 37.1 Å². The Labute approximate surface area is 126 Å². The van der Waals surface area contributed by atoms with Crippen molar-refractivity contribution >= 4 is 17.8 Å². The third-order valence-corrected chi connectivity index (χ3v) is 3.90. The van der Waals surface area contributed by atoms with Crippen LogP contribution in [0.5, 0.6) is 0 Å². The number of benzene rings is 1. The number of hydrogen-bond acceptors (Lipinski definition) is 2. The van der Waals surface area contributed by atoms with Crippen LogP contribution in [-0.2, 0) is 0 Å². The zero-order valence-corrected chi connectivity index (χ0v) is 12.2. The van der Waals surface area contributed by atoms with E-state index in [4.69, 9.17) is 4.99 Å². The number of hydrogen-bond donors (Lipinski definition) is 0. The molecule has 0 radical (unpaired) electrons. The van der Waals surface area contributed by atoms with Gasteiger partial charge in [-0.25, -0.2) is 4.98 Å². The molecule has 1 heterocycles. The van der Waals surface area contributed by atoms with Crippen LogP contribution in [-0.4, -0.2) is 17.4 Å². The van der Waals surface area contributed by atoms with Gasteiger partial charge in [-0.1, -0.05) is 43.5 Å². The van der Waals surface area contributed by atoms with Crippen LogP contribution in [0.2, 0.25) is 0 Å². The van der Waals surface area contributed by atoms with Crippen molar-refractivity contribution in [3.63, 3.8) is 0 Å². The van der Waals surface area contributed by atoms with E-state index >= 15 is 0 Å². The van der Waals surface area contributed by atoms with Crippen LogP contribution in [0.1, 0.15) is 32.1 Å². The van der Waals surface area contributed by atoms with E-state index in [0.29, 0.717) is 6.04 Å². The van der Waals surface area contributed by atoms with Crippen molar-refractivity contribution < 1.29 is 0 Å². The summed E-state index contributed by atoms with van der Waals surface area (Å²) in [7, 11) is 0. The number of aromatic nitrogens is 1. The van der Waals surface area contributed by atoms with Crippen LogP contribution in [0.3, 0.4) is 0 Å². The molecular formula is C18H21N3. The van der Waals surface area contributed by atoms with Gasteiger partial charge in [-0.15, -0.1) is 0 Å². The Bertz CT molecular complexity index is 520. The van der Waals surface area contributed by atoms with Crippen LogP contribution in [0.25, 0.3) is 0 Å². The molecule has 0 bridgehead atoms. The highest BCUT2D eigenvalue weighted by molar-refractivity contribution is 5.87. The largest absolute Gasteiger partial charge is 0.286 e. The second kappa shape index (κ2) is 7.02. The lowest BCUT2D eigenvalue weighted by molar-refractivity contribution is 0.444. The van der Waals surface area contributed by atoms with Crippen molar-refractivity contribution in [2.75, 3.05) is 4.90 Å². The van der Waals surface area contributed by atoms with E-state index in [2.05, 4.69) is 22.0 Å². The van der Waals surface area contributed by atoms with Gasteiger partial charge >= 0.3 is 0 Å². The predicted molar refractivity (Wildman–Crippen MR) is 88.2 cm³/mol. The third kappa shape index (κ3) is 3.69. The molecule has 0 saturated heterocycles. The van der Waals surface area contributed by atoms with Gasteiger partial charge in [0.25, 0.3) is 0 Å². The van der Waals surface area contributed by atoms with Crippen molar-refractivity contribution in [3.8, 4) is 0 Å². The number of aliphatic imine (C=N–C) groups is 1. The quantitative estimate of drug-likeness (QED) is 0.605. The zero-order valence-electron chi connectivity index (χ0n) is 12.2. The number of rotatable bonds is 4. The van der Waals surface area contributed by atoms with Crippen molar-refractivity contribution in [2.45, 2.75) is 38.1 Å². The fourth-order valence-electron chi connectivity index (χ4n) is 2.73. The summed E-state index contributed by atoms with van der Waals surface area (Å²) < 4.78 is 0. The van der Waals surface area contributed by atoms with E-state index in [1.807, 2.05) is 48.9 Å². The van der Waals surface area contributed by atoms with Crippen LogP contribution >= 0.6 is 0 Å². The molecule has 0 N–H and O–H groups in total. The van der Waals surface area contributed by atoms with Gasteiger partial charge in [0.2, 0.25) is 0 Å². The van der Waals surface area contributed by atoms with Gasteiger partial charge in [0.15, 0.2) is 0 Å². The first-order valence-corrected chi connectivity index (χ1v) is 7.72. The fraction of sp³-hybridized carbons (Fsp3) is 0.333. The summed E-state index contributed by atoms with van der Waals surface area (Å²) in [5, 5.41) is 0. The van der Waals surface area contributed by atoms with Crippen molar-refractivity contribution in [1.82, 2.24) is 4.98 Å². The van der Waals surface area contributed by atoms with Crippen molar-refractivity contribution in [2.24, 2.45) is 4.99 Å². The lowest BCUT2D eigenvalue weighted by Gasteiger charge is -2.21. The van der Waals surface area contributed by atoms with Crippen LogP contribution in [0.15, 0.2) is 59.7 Å². The second-order valence-corrected chi connectivity index (χ2v) is 5.45. The number of anilines is 2. The SMILES string of the molecule is C(=NC1CCCCC1)N(c1ccccc1)c1ccccn1. The first-order chi connectivity index (χ1) is 10.4. The molecule has 0 amide bonds. The summed E-state index contributed by atoms with van der Waals surface area (Å²) in [6.45, 7) is 0. The molecule has 0 aliphatic heterocycles. The first-order valence-electron chi connectivity index (χ1n) is 7.72. The molecule has 2 aromatic rings. The smallest absolute Gasteiger partial charge is 0.138 e. The summed E-state index contributed by atoms with van der Waals surface area (Å²) >= 11 is 0. The maximum atomic E-state index is 4.80. The Morgan fingerprint density at radius 2 is 1.71 bits per heavy atom. The van der Waals surface area contributed by atoms with Gasteiger partial charge in [-0.3, -0.25) is 9.89 Å². The average Bonchev–Trinajstić information content (AvgIpc) is 2.58. The topological polar surface area (TPSA) is 28.5 Å². The minimum absolute atomic E-state index is 0.466. The maximum Gasteiger partial charge on any atom is 0.138 e. The highest BCUT2D eigenvalue weighted by Gasteiger charge is 2.13. The molecule has 0 unspecified atom stereocenters.